The highest BCUT2D eigenvalue weighted by atomic mass is 19.1. The fourth-order valence-corrected chi connectivity index (χ4v) is 2.47. The molecule has 1 aliphatic rings. The minimum absolute atomic E-state index is 0.330. The summed E-state index contributed by atoms with van der Waals surface area (Å²) in [5, 5.41) is 11.7. The Hall–Kier alpha value is -2.11. The van der Waals surface area contributed by atoms with Crippen LogP contribution < -0.4 is 5.32 Å². The number of urea groups is 1. The fraction of sp³-hybridized carbons (Fsp3) is 0.429. The van der Waals surface area contributed by atoms with E-state index in [9.17, 15) is 14.0 Å². The molecule has 0 spiro atoms. The van der Waals surface area contributed by atoms with Gasteiger partial charge in [-0.05, 0) is 44.0 Å². The first-order chi connectivity index (χ1) is 9.40. The number of carboxylic acid groups (broad SMARTS) is 1. The molecule has 1 heterocycles. The molecule has 2 N–H and O–H groups in total. The average molecular weight is 280 g/mol. The lowest BCUT2D eigenvalue weighted by Gasteiger charge is -2.23. The van der Waals surface area contributed by atoms with Crippen LogP contribution in [0.5, 0.6) is 0 Å². The number of hydrogen-bond acceptors (Lipinski definition) is 2. The van der Waals surface area contributed by atoms with E-state index in [0.29, 0.717) is 24.2 Å². The van der Waals surface area contributed by atoms with Gasteiger partial charge in [0.15, 0.2) is 0 Å². The number of carbonyl (C=O) groups is 2. The van der Waals surface area contributed by atoms with Crippen molar-refractivity contribution in [1.29, 1.82) is 0 Å². The maximum Gasteiger partial charge on any atom is 0.322 e. The second kappa shape index (κ2) is 5.48. The van der Waals surface area contributed by atoms with Crippen LogP contribution >= 0.6 is 0 Å². The number of nitrogens with one attached hydrogen (secondary N) is 1. The molecule has 2 rings (SSSR count). The first-order valence-corrected chi connectivity index (χ1v) is 6.46. The summed E-state index contributed by atoms with van der Waals surface area (Å²) in [4.78, 5) is 24.6. The molecule has 20 heavy (non-hydrogen) atoms. The molecular formula is C14H17FN2O3. The van der Waals surface area contributed by atoms with Crippen LogP contribution in [0, 0.1) is 18.7 Å². The lowest BCUT2D eigenvalue weighted by molar-refractivity contribution is -0.142. The topological polar surface area (TPSA) is 69.6 Å². The van der Waals surface area contributed by atoms with Crippen LogP contribution in [0.4, 0.5) is 14.9 Å². The van der Waals surface area contributed by atoms with Crippen molar-refractivity contribution >= 4 is 17.7 Å². The molecule has 1 aromatic carbocycles. The molecule has 1 saturated heterocycles. The Morgan fingerprint density at radius 2 is 2.15 bits per heavy atom. The van der Waals surface area contributed by atoms with Gasteiger partial charge in [-0.25, -0.2) is 9.18 Å². The molecule has 5 nitrogen and oxygen atoms in total. The molecule has 2 atom stereocenters. The Labute approximate surface area is 116 Å². The van der Waals surface area contributed by atoms with Gasteiger partial charge in [0.25, 0.3) is 0 Å². The molecule has 0 bridgehead atoms. The zero-order valence-corrected chi connectivity index (χ0v) is 11.4. The fourth-order valence-electron chi connectivity index (χ4n) is 2.47. The lowest BCUT2D eigenvalue weighted by Crippen LogP contribution is -2.40. The van der Waals surface area contributed by atoms with E-state index in [0.717, 1.165) is 0 Å². The summed E-state index contributed by atoms with van der Waals surface area (Å²) >= 11 is 0. The summed E-state index contributed by atoms with van der Waals surface area (Å²) in [6.07, 6.45) is 0.451. The van der Waals surface area contributed by atoms with Gasteiger partial charge in [-0.1, -0.05) is 0 Å². The van der Waals surface area contributed by atoms with Crippen molar-refractivity contribution in [3.05, 3.63) is 29.6 Å². The Balaban J connectivity index is 2.05. The van der Waals surface area contributed by atoms with Gasteiger partial charge in [0.05, 0.1) is 5.92 Å². The number of rotatable bonds is 2. The molecule has 2 unspecified atom stereocenters. The standard InChI is InChI=1S/C14H17FN2O3/c1-8-7-10(3-4-12(8)15)16-14(20)17-6-5-11(9(17)2)13(18)19/h3-4,7,9,11H,5-6H2,1-2H3,(H,16,20)(H,18,19). The van der Waals surface area contributed by atoms with E-state index in [2.05, 4.69) is 5.32 Å². The van der Waals surface area contributed by atoms with Gasteiger partial charge >= 0.3 is 12.0 Å². The number of nitrogens with zero attached hydrogens (tertiary/aromatic N) is 1. The van der Waals surface area contributed by atoms with Crippen LogP contribution in [0.25, 0.3) is 0 Å². The number of carbonyl (C=O) groups excluding carboxylic acids is 1. The summed E-state index contributed by atoms with van der Waals surface area (Å²) in [6, 6.07) is 3.61. The number of amides is 2. The molecule has 108 valence electrons. The van der Waals surface area contributed by atoms with Crippen molar-refractivity contribution < 1.29 is 19.1 Å². The molecular weight excluding hydrogens is 263 g/mol. The van der Waals surface area contributed by atoms with E-state index in [1.165, 1.54) is 17.0 Å². The lowest BCUT2D eigenvalue weighted by atomic mass is 10.0. The summed E-state index contributed by atoms with van der Waals surface area (Å²) in [5.41, 5.74) is 0.945. The van der Waals surface area contributed by atoms with Crippen molar-refractivity contribution in [3.8, 4) is 0 Å². The first kappa shape index (κ1) is 14.3. The quantitative estimate of drug-likeness (QED) is 0.874. The SMILES string of the molecule is Cc1cc(NC(=O)N2CCC(C(=O)O)C2C)ccc1F. The predicted molar refractivity (Wildman–Crippen MR) is 72.1 cm³/mol. The minimum Gasteiger partial charge on any atom is -0.481 e. The van der Waals surface area contributed by atoms with Gasteiger partial charge in [-0.3, -0.25) is 4.79 Å². The summed E-state index contributed by atoms with van der Waals surface area (Å²) in [6.45, 7) is 3.75. The molecule has 1 aromatic rings. The minimum atomic E-state index is -0.884. The zero-order chi connectivity index (χ0) is 14.9. The third-order valence-corrected chi connectivity index (χ3v) is 3.74. The van der Waals surface area contributed by atoms with Gasteiger partial charge < -0.3 is 15.3 Å². The molecule has 6 heteroatoms. The van der Waals surface area contributed by atoms with E-state index in [1.54, 1.807) is 19.9 Å². The number of benzene rings is 1. The van der Waals surface area contributed by atoms with Gasteiger partial charge in [0, 0.05) is 18.3 Å². The summed E-state index contributed by atoms with van der Waals surface area (Å²) in [7, 11) is 0. The van der Waals surface area contributed by atoms with Crippen LogP contribution in [0.3, 0.4) is 0 Å². The van der Waals surface area contributed by atoms with Crippen molar-refractivity contribution in [2.75, 3.05) is 11.9 Å². The van der Waals surface area contributed by atoms with Crippen LogP contribution in [0.1, 0.15) is 18.9 Å². The van der Waals surface area contributed by atoms with E-state index >= 15 is 0 Å². The third-order valence-electron chi connectivity index (χ3n) is 3.74. The molecule has 0 aromatic heterocycles. The monoisotopic (exact) mass is 280 g/mol. The van der Waals surface area contributed by atoms with E-state index in [4.69, 9.17) is 5.11 Å². The van der Waals surface area contributed by atoms with Crippen molar-refractivity contribution in [3.63, 3.8) is 0 Å². The van der Waals surface area contributed by atoms with Crippen molar-refractivity contribution in [1.82, 2.24) is 4.90 Å². The van der Waals surface area contributed by atoms with Gasteiger partial charge in [0.2, 0.25) is 0 Å². The van der Waals surface area contributed by atoms with Crippen LogP contribution in [0.2, 0.25) is 0 Å². The first-order valence-electron chi connectivity index (χ1n) is 6.46. The maximum absolute atomic E-state index is 13.2. The van der Waals surface area contributed by atoms with Crippen LogP contribution in [0.15, 0.2) is 18.2 Å². The molecule has 0 radical (unpaired) electrons. The molecule has 0 aliphatic carbocycles. The van der Waals surface area contributed by atoms with Gasteiger partial charge in [-0.2, -0.15) is 0 Å². The Bertz CT molecular complexity index is 547. The second-order valence-electron chi connectivity index (χ2n) is 5.06. The Kier molecular flexibility index (Phi) is 3.92. The normalized spacial score (nSPS) is 21.9. The second-order valence-corrected chi connectivity index (χ2v) is 5.06. The number of likely N-dealkylation sites (tertiary alicyclic amines) is 1. The van der Waals surface area contributed by atoms with E-state index in [1.807, 2.05) is 0 Å². The van der Waals surface area contributed by atoms with Crippen LogP contribution in [-0.4, -0.2) is 34.6 Å². The number of hydrogen-bond donors (Lipinski definition) is 2. The molecule has 2 amide bonds. The van der Waals surface area contributed by atoms with Gasteiger partial charge in [0.1, 0.15) is 5.82 Å². The maximum atomic E-state index is 13.2. The number of halogens is 1. The highest BCUT2D eigenvalue weighted by molar-refractivity contribution is 5.90. The largest absolute Gasteiger partial charge is 0.481 e. The number of aryl methyl sites for hydroxylation is 1. The average Bonchev–Trinajstić information content (AvgIpc) is 2.76. The van der Waals surface area contributed by atoms with Gasteiger partial charge in [-0.15, -0.1) is 0 Å². The molecule has 1 fully saturated rings. The number of anilines is 1. The predicted octanol–water partition coefficient (Wildman–Crippen LogP) is 2.46. The van der Waals surface area contributed by atoms with E-state index in [-0.39, 0.29) is 17.9 Å². The molecule has 0 saturated carbocycles. The van der Waals surface area contributed by atoms with Crippen molar-refractivity contribution in [2.45, 2.75) is 26.3 Å². The number of aliphatic carboxylic acids is 1. The smallest absolute Gasteiger partial charge is 0.322 e. The van der Waals surface area contributed by atoms with E-state index < -0.39 is 11.9 Å². The Morgan fingerprint density at radius 1 is 1.45 bits per heavy atom. The van der Waals surface area contributed by atoms with Crippen LogP contribution in [-0.2, 0) is 4.79 Å². The van der Waals surface area contributed by atoms with Crippen molar-refractivity contribution in [2.24, 2.45) is 5.92 Å². The zero-order valence-electron chi connectivity index (χ0n) is 11.4. The number of carboxylic acids is 1. The summed E-state index contributed by atoms with van der Waals surface area (Å²) < 4.78 is 13.2. The summed E-state index contributed by atoms with van der Waals surface area (Å²) in [5.74, 6) is -1.75. The third kappa shape index (κ3) is 2.74. The highest BCUT2D eigenvalue weighted by Crippen LogP contribution is 2.25. The molecule has 1 aliphatic heterocycles. The Morgan fingerprint density at radius 3 is 2.70 bits per heavy atom. The highest BCUT2D eigenvalue weighted by Gasteiger charge is 2.38.